The monoisotopic (exact) mass is 324 g/mol. The molecule has 0 aliphatic heterocycles. The van der Waals surface area contributed by atoms with Crippen LogP contribution in [0.2, 0.25) is 0 Å². The molecule has 0 N–H and O–H groups in total. The molecule has 0 saturated heterocycles. The number of nitrogens with zero attached hydrogens (tertiary/aromatic N) is 2. The molecule has 0 radical (unpaired) electrons. The van der Waals surface area contributed by atoms with Gasteiger partial charge in [-0.2, -0.15) is 0 Å². The summed E-state index contributed by atoms with van der Waals surface area (Å²) in [5.41, 5.74) is 0.593. The molecule has 5 heteroatoms. The molecule has 18 heavy (non-hydrogen) atoms. The molecule has 0 spiro atoms. The maximum atomic E-state index is 12.3. The minimum Gasteiger partial charge on any atom is -0.334 e. The van der Waals surface area contributed by atoms with Gasteiger partial charge in [-0.1, -0.05) is 6.07 Å². The van der Waals surface area contributed by atoms with Crippen LogP contribution in [0.3, 0.4) is 0 Å². The van der Waals surface area contributed by atoms with E-state index in [1.807, 2.05) is 31.5 Å². The summed E-state index contributed by atoms with van der Waals surface area (Å²) in [7, 11) is 1.81. The lowest BCUT2D eigenvalue weighted by Crippen LogP contribution is -2.29. The second-order valence-corrected chi connectivity index (χ2v) is 5.89. The van der Waals surface area contributed by atoms with Gasteiger partial charge >= 0.3 is 0 Å². The average Bonchev–Trinajstić information content (AvgIpc) is 2.90. The van der Waals surface area contributed by atoms with E-state index in [9.17, 15) is 4.79 Å². The molecule has 0 aromatic carbocycles. The first kappa shape index (κ1) is 13.2. The predicted octanol–water partition coefficient (Wildman–Crippen LogP) is 3.74. The summed E-state index contributed by atoms with van der Waals surface area (Å²) >= 11 is 4.98. The number of aromatic nitrogens is 1. The summed E-state index contributed by atoms with van der Waals surface area (Å²) in [6.45, 7) is 2.02. The van der Waals surface area contributed by atoms with E-state index in [0.29, 0.717) is 5.56 Å². The largest absolute Gasteiger partial charge is 0.334 e. The van der Waals surface area contributed by atoms with Gasteiger partial charge in [0.2, 0.25) is 0 Å². The maximum Gasteiger partial charge on any atom is 0.255 e. The van der Waals surface area contributed by atoms with Crippen molar-refractivity contribution in [2.75, 3.05) is 7.05 Å². The Morgan fingerprint density at radius 3 is 2.89 bits per heavy atom. The molecular weight excluding hydrogens is 312 g/mol. The highest BCUT2D eigenvalue weighted by atomic mass is 79.9. The van der Waals surface area contributed by atoms with E-state index in [2.05, 4.69) is 20.9 Å². The third-order valence-electron chi connectivity index (χ3n) is 2.81. The Bertz CT molecular complexity index is 542. The van der Waals surface area contributed by atoms with Crippen LogP contribution in [0.15, 0.2) is 40.4 Å². The number of pyridine rings is 1. The van der Waals surface area contributed by atoms with E-state index in [4.69, 9.17) is 0 Å². The fourth-order valence-corrected chi connectivity index (χ4v) is 2.82. The van der Waals surface area contributed by atoms with Gasteiger partial charge in [0.15, 0.2) is 0 Å². The fourth-order valence-electron chi connectivity index (χ4n) is 1.63. The van der Waals surface area contributed by atoms with E-state index >= 15 is 0 Å². The van der Waals surface area contributed by atoms with Gasteiger partial charge in [0.25, 0.3) is 5.91 Å². The molecule has 0 bridgehead atoms. The molecule has 2 heterocycles. The Balaban J connectivity index is 2.19. The standard InChI is InChI=1S/C13H13BrN2OS/c1-9(12-4-3-5-18-12)16(2)13(17)10-6-11(14)8-15-7-10/h3-9H,1-2H3/t9-/m0/s1. The van der Waals surface area contributed by atoms with Crippen LogP contribution in [0.5, 0.6) is 0 Å². The van der Waals surface area contributed by atoms with Crippen molar-refractivity contribution in [2.24, 2.45) is 0 Å². The number of carbonyl (C=O) groups excluding carboxylic acids is 1. The van der Waals surface area contributed by atoms with Crippen molar-refractivity contribution < 1.29 is 4.79 Å². The smallest absolute Gasteiger partial charge is 0.255 e. The van der Waals surface area contributed by atoms with Crippen LogP contribution in [0, 0.1) is 0 Å². The van der Waals surface area contributed by atoms with E-state index in [0.717, 1.165) is 4.47 Å². The number of rotatable bonds is 3. The second-order valence-electron chi connectivity index (χ2n) is 4.00. The number of hydrogen-bond donors (Lipinski definition) is 0. The van der Waals surface area contributed by atoms with Gasteiger partial charge in [0.1, 0.15) is 0 Å². The van der Waals surface area contributed by atoms with E-state index in [-0.39, 0.29) is 11.9 Å². The Kier molecular flexibility index (Phi) is 4.14. The highest BCUT2D eigenvalue weighted by Crippen LogP contribution is 2.24. The minimum absolute atomic E-state index is 0.0234. The molecule has 0 fully saturated rings. The van der Waals surface area contributed by atoms with Crippen molar-refractivity contribution in [3.8, 4) is 0 Å². The van der Waals surface area contributed by atoms with Crippen LogP contribution in [0.1, 0.15) is 28.2 Å². The fraction of sp³-hybridized carbons (Fsp3) is 0.231. The van der Waals surface area contributed by atoms with Crippen molar-refractivity contribution in [3.63, 3.8) is 0 Å². The van der Waals surface area contributed by atoms with Gasteiger partial charge in [-0.25, -0.2) is 0 Å². The second kappa shape index (κ2) is 5.63. The Hall–Kier alpha value is -1.20. The van der Waals surface area contributed by atoms with Crippen LogP contribution < -0.4 is 0 Å². The molecule has 94 valence electrons. The van der Waals surface area contributed by atoms with Crippen molar-refractivity contribution in [1.29, 1.82) is 0 Å². The number of halogens is 1. The van der Waals surface area contributed by atoms with Crippen LogP contribution in [0.4, 0.5) is 0 Å². The van der Waals surface area contributed by atoms with Crippen molar-refractivity contribution >= 4 is 33.2 Å². The molecule has 0 saturated carbocycles. The van der Waals surface area contributed by atoms with Gasteiger partial charge in [-0.3, -0.25) is 9.78 Å². The predicted molar refractivity (Wildman–Crippen MR) is 76.8 cm³/mol. The van der Waals surface area contributed by atoms with Crippen molar-refractivity contribution in [2.45, 2.75) is 13.0 Å². The van der Waals surface area contributed by atoms with E-state index in [1.54, 1.807) is 34.7 Å². The molecule has 0 aliphatic rings. The molecule has 2 aromatic rings. The van der Waals surface area contributed by atoms with Crippen LogP contribution >= 0.6 is 27.3 Å². The summed E-state index contributed by atoms with van der Waals surface area (Å²) in [5.74, 6) is -0.0234. The average molecular weight is 325 g/mol. The Labute approximate surface area is 119 Å². The Morgan fingerprint density at radius 1 is 1.50 bits per heavy atom. The lowest BCUT2D eigenvalue weighted by Gasteiger charge is -2.24. The van der Waals surface area contributed by atoms with Gasteiger partial charge in [0.05, 0.1) is 11.6 Å². The number of hydrogen-bond acceptors (Lipinski definition) is 3. The van der Waals surface area contributed by atoms with Crippen molar-refractivity contribution in [1.82, 2.24) is 9.88 Å². The number of amides is 1. The van der Waals surface area contributed by atoms with Crippen LogP contribution in [0.25, 0.3) is 0 Å². The first-order valence-corrected chi connectivity index (χ1v) is 7.18. The SMILES string of the molecule is C[C@@H](c1cccs1)N(C)C(=O)c1cncc(Br)c1. The summed E-state index contributed by atoms with van der Waals surface area (Å²) in [6, 6.07) is 5.89. The molecule has 3 nitrogen and oxygen atoms in total. The first-order chi connectivity index (χ1) is 8.59. The van der Waals surface area contributed by atoms with Gasteiger partial charge in [-0.05, 0) is 40.4 Å². The van der Waals surface area contributed by atoms with E-state index in [1.165, 1.54) is 4.88 Å². The number of carbonyl (C=O) groups is 1. The van der Waals surface area contributed by atoms with Crippen LogP contribution in [-0.4, -0.2) is 22.8 Å². The third kappa shape index (κ3) is 2.79. The number of thiophene rings is 1. The van der Waals surface area contributed by atoms with E-state index < -0.39 is 0 Å². The molecule has 1 amide bonds. The zero-order chi connectivity index (χ0) is 13.1. The van der Waals surface area contributed by atoms with Gasteiger partial charge in [0, 0.05) is 28.8 Å². The molecule has 1 atom stereocenters. The first-order valence-electron chi connectivity index (χ1n) is 5.50. The zero-order valence-electron chi connectivity index (χ0n) is 10.1. The highest BCUT2D eigenvalue weighted by molar-refractivity contribution is 9.10. The molecule has 2 rings (SSSR count). The van der Waals surface area contributed by atoms with Crippen LogP contribution in [-0.2, 0) is 0 Å². The lowest BCUT2D eigenvalue weighted by molar-refractivity contribution is 0.0744. The molecule has 0 unspecified atom stereocenters. The van der Waals surface area contributed by atoms with Gasteiger partial charge < -0.3 is 4.90 Å². The summed E-state index contributed by atoms with van der Waals surface area (Å²) in [4.78, 5) is 19.2. The quantitative estimate of drug-likeness (QED) is 0.861. The molecule has 2 aromatic heterocycles. The minimum atomic E-state index is -0.0234. The van der Waals surface area contributed by atoms with Crippen molar-refractivity contribution in [3.05, 3.63) is 50.9 Å². The zero-order valence-corrected chi connectivity index (χ0v) is 12.5. The normalized spacial score (nSPS) is 12.2. The van der Waals surface area contributed by atoms with Gasteiger partial charge in [-0.15, -0.1) is 11.3 Å². The highest BCUT2D eigenvalue weighted by Gasteiger charge is 2.19. The third-order valence-corrected chi connectivity index (χ3v) is 4.28. The summed E-state index contributed by atoms with van der Waals surface area (Å²) in [5, 5.41) is 2.02. The maximum absolute atomic E-state index is 12.3. The Morgan fingerprint density at radius 2 is 2.28 bits per heavy atom. The summed E-state index contributed by atoms with van der Waals surface area (Å²) < 4.78 is 0.811. The summed E-state index contributed by atoms with van der Waals surface area (Å²) in [6.07, 6.45) is 3.25. The molecule has 0 aliphatic carbocycles. The molecular formula is C13H13BrN2OS. The topological polar surface area (TPSA) is 33.2 Å². The lowest BCUT2D eigenvalue weighted by atomic mass is 10.2.